The predicted octanol–water partition coefficient (Wildman–Crippen LogP) is 3.86. The second kappa shape index (κ2) is 5.40. The Labute approximate surface area is 122 Å². The summed E-state index contributed by atoms with van der Waals surface area (Å²) in [5, 5.41) is 11.0. The largest absolute Gasteiger partial charge is 0.464 e. The molecule has 0 aliphatic carbocycles. The smallest absolute Gasteiger partial charge is 0.426 e. The van der Waals surface area contributed by atoms with Gasteiger partial charge in [-0.2, -0.15) is 4.90 Å². The molecule has 112 valence electrons. The van der Waals surface area contributed by atoms with Gasteiger partial charge < -0.3 is 9.84 Å². The highest BCUT2D eigenvalue weighted by Crippen LogP contribution is 2.29. The molecule has 0 spiro atoms. The minimum absolute atomic E-state index is 0.0941. The summed E-state index contributed by atoms with van der Waals surface area (Å²) in [6, 6.07) is 0. The fourth-order valence-electron chi connectivity index (χ4n) is 1.26. The van der Waals surface area contributed by atoms with Crippen molar-refractivity contribution < 1.29 is 19.4 Å². The molecule has 0 aromatic carbocycles. The maximum absolute atomic E-state index is 11.9. The van der Waals surface area contributed by atoms with Gasteiger partial charge in [-0.25, -0.2) is 14.6 Å². The molecule has 1 heterocycles. The molecule has 6 nitrogen and oxygen atoms in total. The number of carbonyl (C=O) groups excluding carboxylic acids is 1. The second-order valence-electron chi connectivity index (χ2n) is 6.36. The van der Waals surface area contributed by atoms with E-state index in [-0.39, 0.29) is 10.5 Å². The summed E-state index contributed by atoms with van der Waals surface area (Å²) in [7, 11) is 0. The van der Waals surface area contributed by atoms with E-state index >= 15 is 0 Å². The molecule has 1 N–H and O–H groups in total. The quantitative estimate of drug-likeness (QED) is 0.851. The third-order valence-electron chi connectivity index (χ3n) is 2.22. The van der Waals surface area contributed by atoms with Gasteiger partial charge in [0.2, 0.25) is 5.13 Å². The number of hydrogen-bond acceptors (Lipinski definition) is 5. The summed E-state index contributed by atoms with van der Waals surface area (Å²) in [5.74, 6) is 0. The molecule has 0 aliphatic heterocycles. The molecule has 0 radical (unpaired) electrons. The normalized spacial score (nSPS) is 12.1. The number of amides is 2. The number of carbonyl (C=O) groups is 2. The van der Waals surface area contributed by atoms with E-state index in [0.29, 0.717) is 4.90 Å². The first-order valence-electron chi connectivity index (χ1n) is 6.14. The maximum atomic E-state index is 11.9. The minimum Gasteiger partial charge on any atom is -0.464 e. The monoisotopic (exact) mass is 300 g/mol. The van der Waals surface area contributed by atoms with Crippen LogP contribution in [0.15, 0.2) is 5.38 Å². The van der Waals surface area contributed by atoms with Gasteiger partial charge in [-0.1, -0.05) is 20.8 Å². The minimum atomic E-state index is -1.41. The number of hydrogen-bond donors (Lipinski definition) is 1. The highest BCUT2D eigenvalue weighted by Gasteiger charge is 2.31. The van der Waals surface area contributed by atoms with Crippen molar-refractivity contribution in [2.45, 2.75) is 52.6 Å². The van der Waals surface area contributed by atoms with Crippen LogP contribution in [0, 0.1) is 0 Å². The number of ether oxygens (including phenoxy) is 1. The van der Waals surface area contributed by atoms with Crippen LogP contribution >= 0.6 is 11.3 Å². The van der Waals surface area contributed by atoms with Gasteiger partial charge in [-0.15, -0.1) is 11.3 Å². The van der Waals surface area contributed by atoms with Gasteiger partial charge in [-0.05, 0) is 20.8 Å². The Hall–Kier alpha value is -1.63. The zero-order valence-electron chi connectivity index (χ0n) is 12.6. The SMILES string of the molecule is CC(C)(C)OC(=O)N(C(=O)O)c1nc(C(C)(C)C)cs1. The number of nitrogens with zero attached hydrogens (tertiary/aromatic N) is 2. The summed E-state index contributed by atoms with van der Waals surface area (Å²) < 4.78 is 5.08. The van der Waals surface area contributed by atoms with Gasteiger partial charge in [0.1, 0.15) is 5.60 Å². The molecule has 0 saturated carbocycles. The standard InChI is InChI=1S/C13H20N2O4S/c1-12(2,3)8-7-20-9(14-8)15(10(16)17)11(18)19-13(4,5)6/h7H,1-6H3,(H,16,17). The number of anilines is 1. The van der Waals surface area contributed by atoms with Crippen LogP contribution in [0.4, 0.5) is 14.7 Å². The molecule has 1 rings (SSSR count). The van der Waals surface area contributed by atoms with E-state index in [1.807, 2.05) is 20.8 Å². The molecule has 2 amide bonds. The van der Waals surface area contributed by atoms with Crippen LogP contribution in [0.3, 0.4) is 0 Å². The fourth-order valence-corrected chi connectivity index (χ4v) is 2.29. The van der Waals surface area contributed by atoms with Crippen molar-refractivity contribution >= 4 is 28.7 Å². The molecule has 7 heteroatoms. The van der Waals surface area contributed by atoms with E-state index < -0.39 is 17.8 Å². The number of aromatic nitrogens is 1. The van der Waals surface area contributed by atoms with Crippen LogP contribution in [0.1, 0.15) is 47.2 Å². The molecule has 0 unspecified atom stereocenters. The summed E-state index contributed by atoms with van der Waals surface area (Å²) in [5.41, 5.74) is -0.255. The second-order valence-corrected chi connectivity index (χ2v) is 7.20. The van der Waals surface area contributed by atoms with Crippen molar-refractivity contribution in [2.24, 2.45) is 0 Å². The van der Waals surface area contributed by atoms with Gasteiger partial charge >= 0.3 is 12.2 Å². The van der Waals surface area contributed by atoms with E-state index in [4.69, 9.17) is 4.74 Å². The van der Waals surface area contributed by atoms with Crippen LogP contribution in [-0.4, -0.2) is 27.9 Å². The third kappa shape index (κ3) is 4.19. The van der Waals surface area contributed by atoms with E-state index in [9.17, 15) is 14.7 Å². The molecule has 1 aromatic heterocycles. The average molecular weight is 300 g/mol. The Kier molecular flexibility index (Phi) is 4.43. The molecule has 1 aromatic rings. The topological polar surface area (TPSA) is 79.7 Å². The predicted molar refractivity (Wildman–Crippen MR) is 77.6 cm³/mol. The van der Waals surface area contributed by atoms with E-state index in [1.54, 1.807) is 26.2 Å². The van der Waals surface area contributed by atoms with Crippen molar-refractivity contribution in [1.82, 2.24) is 4.98 Å². The van der Waals surface area contributed by atoms with Crippen LogP contribution in [0.2, 0.25) is 0 Å². The zero-order chi connectivity index (χ0) is 15.7. The molecule has 20 heavy (non-hydrogen) atoms. The summed E-state index contributed by atoms with van der Waals surface area (Å²) in [4.78, 5) is 28.0. The van der Waals surface area contributed by atoms with Gasteiger partial charge in [0.15, 0.2) is 0 Å². The average Bonchev–Trinajstić information content (AvgIpc) is 2.62. The first-order valence-corrected chi connectivity index (χ1v) is 7.02. The van der Waals surface area contributed by atoms with Crippen molar-refractivity contribution in [1.29, 1.82) is 0 Å². The summed E-state index contributed by atoms with van der Waals surface area (Å²) in [6.07, 6.45) is -2.35. The summed E-state index contributed by atoms with van der Waals surface area (Å²) >= 11 is 1.10. The van der Waals surface area contributed by atoms with Crippen molar-refractivity contribution in [3.05, 3.63) is 11.1 Å². The Morgan fingerprint density at radius 3 is 2.15 bits per heavy atom. The van der Waals surface area contributed by atoms with E-state index in [0.717, 1.165) is 17.0 Å². The summed E-state index contributed by atoms with van der Waals surface area (Å²) in [6.45, 7) is 10.9. The van der Waals surface area contributed by atoms with Crippen LogP contribution in [0.25, 0.3) is 0 Å². The van der Waals surface area contributed by atoms with Crippen LogP contribution in [-0.2, 0) is 10.2 Å². The van der Waals surface area contributed by atoms with Crippen molar-refractivity contribution in [2.75, 3.05) is 4.90 Å². The first kappa shape index (κ1) is 16.4. The molecular weight excluding hydrogens is 280 g/mol. The number of carboxylic acid groups (broad SMARTS) is 1. The zero-order valence-corrected chi connectivity index (χ0v) is 13.4. The Bertz CT molecular complexity index is 511. The van der Waals surface area contributed by atoms with Gasteiger partial charge in [0, 0.05) is 10.8 Å². The number of rotatable bonds is 1. The molecule has 0 fully saturated rings. The number of thiazole rings is 1. The van der Waals surface area contributed by atoms with Gasteiger partial charge in [-0.3, -0.25) is 0 Å². The lowest BCUT2D eigenvalue weighted by Crippen LogP contribution is -2.40. The maximum Gasteiger partial charge on any atom is 0.426 e. The molecule has 0 bridgehead atoms. The Balaban J connectivity index is 3.07. The number of imide groups is 1. The molecular formula is C13H20N2O4S. The lowest BCUT2D eigenvalue weighted by Gasteiger charge is -2.23. The van der Waals surface area contributed by atoms with Gasteiger partial charge in [0.05, 0.1) is 5.69 Å². The van der Waals surface area contributed by atoms with Crippen molar-refractivity contribution in [3.63, 3.8) is 0 Å². The Morgan fingerprint density at radius 1 is 1.25 bits per heavy atom. The van der Waals surface area contributed by atoms with Crippen LogP contribution < -0.4 is 4.90 Å². The third-order valence-corrected chi connectivity index (χ3v) is 3.04. The van der Waals surface area contributed by atoms with E-state index in [1.165, 1.54) is 0 Å². The lowest BCUT2D eigenvalue weighted by molar-refractivity contribution is 0.0582. The van der Waals surface area contributed by atoms with Crippen molar-refractivity contribution in [3.8, 4) is 0 Å². The molecule has 0 atom stereocenters. The highest BCUT2D eigenvalue weighted by atomic mass is 32.1. The van der Waals surface area contributed by atoms with Gasteiger partial charge in [0.25, 0.3) is 0 Å². The van der Waals surface area contributed by atoms with Crippen LogP contribution in [0.5, 0.6) is 0 Å². The lowest BCUT2D eigenvalue weighted by atomic mass is 9.93. The Morgan fingerprint density at radius 2 is 1.80 bits per heavy atom. The molecule has 0 saturated heterocycles. The first-order chi connectivity index (χ1) is 8.92. The highest BCUT2D eigenvalue weighted by molar-refractivity contribution is 7.14. The van der Waals surface area contributed by atoms with E-state index in [2.05, 4.69) is 4.98 Å². The molecule has 0 aliphatic rings. The fraction of sp³-hybridized carbons (Fsp3) is 0.615.